The van der Waals surface area contributed by atoms with Crippen LogP contribution in [0.25, 0.3) is 0 Å². The van der Waals surface area contributed by atoms with E-state index in [0.717, 1.165) is 0 Å². The van der Waals surface area contributed by atoms with Crippen molar-refractivity contribution in [3.8, 4) is 0 Å². The van der Waals surface area contributed by atoms with Gasteiger partial charge >= 0.3 is 17.9 Å². The number of aromatic carboxylic acids is 1. The first-order valence-electron chi connectivity index (χ1n) is 12.2. The van der Waals surface area contributed by atoms with Gasteiger partial charge in [-0.05, 0) is 73.6 Å². The number of esters is 2. The van der Waals surface area contributed by atoms with Gasteiger partial charge in [0.25, 0.3) is 0 Å². The zero-order chi connectivity index (χ0) is 26.4. The van der Waals surface area contributed by atoms with Gasteiger partial charge in [-0.1, -0.05) is 0 Å². The highest BCUT2D eigenvalue weighted by Crippen LogP contribution is 2.32. The minimum atomic E-state index is -1.23. The number of nitrogens with one attached hydrogen (secondary N) is 2. The van der Waals surface area contributed by atoms with Gasteiger partial charge in [-0.15, -0.1) is 0 Å². The normalized spacial score (nSPS) is 23.3. The number of hydrogen-bond acceptors (Lipinski definition) is 7. The highest BCUT2D eigenvalue weighted by Gasteiger charge is 2.41. The third-order valence-electron chi connectivity index (χ3n) is 6.50. The molecule has 2 aliphatic rings. The largest absolute Gasteiger partial charge is 0.478 e. The Labute approximate surface area is 208 Å². The monoisotopic (exact) mass is 488 g/mol. The van der Waals surface area contributed by atoms with Crippen LogP contribution >= 0.6 is 0 Å². The van der Waals surface area contributed by atoms with Crippen LogP contribution in [-0.2, 0) is 9.47 Å². The number of piperidine rings is 2. The van der Waals surface area contributed by atoms with Crippen LogP contribution in [0.2, 0.25) is 0 Å². The molecule has 0 bridgehead atoms. The number of carbonyl (C=O) groups excluding carboxylic acids is 2. The quantitative estimate of drug-likeness (QED) is 0.525. The summed E-state index contributed by atoms with van der Waals surface area (Å²) in [5.74, 6) is -2.53. The number of benzene rings is 1. The molecule has 0 saturated carbocycles. The maximum Gasteiger partial charge on any atom is 0.338 e. The summed E-state index contributed by atoms with van der Waals surface area (Å²) in [5.41, 5.74) is -0.999. The van der Waals surface area contributed by atoms with Crippen LogP contribution in [0.15, 0.2) is 18.2 Å². The molecule has 0 aromatic heterocycles. The Morgan fingerprint density at radius 3 is 1.23 bits per heavy atom. The Hall–Kier alpha value is -2.45. The molecule has 35 heavy (non-hydrogen) atoms. The van der Waals surface area contributed by atoms with E-state index in [4.69, 9.17) is 9.47 Å². The van der Waals surface area contributed by atoms with E-state index in [1.54, 1.807) is 0 Å². The lowest BCUT2D eigenvalue weighted by atomic mass is 9.81. The van der Waals surface area contributed by atoms with Crippen molar-refractivity contribution < 1.29 is 29.0 Å². The van der Waals surface area contributed by atoms with E-state index in [2.05, 4.69) is 66.0 Å². The molecule has 0 unspecified atom stereocenters. The summed E-state index contributed by atoms with van der Waals surface area (Å²) >= 11 is 0. The second-order valence-corrected chi connectivity index (χ2v) is 12.8. The number of carboxylic acids is 1. The van der Waals surface area contributed by atoms with Crippen molar-refractivity contribution in [3.05, 3.63) is 34.9 Å². The maximum absolute atomic E-state index is 13.0. The van der Waals surface area contributed by atoms with Crippen molar-refractivity contribution in [2.24, 2.45) is 0 Å². The molecular formula is C27H40N2O6. The first-order chi connectivity index (χ1) is 15.9. The molecule has 3 N–H and O–H groups in total. The minimum Gasteiger partial charge on any atom is -0.478 e. The molecule has 8 heteroatoms. The SMILES string of the molecule is CC1(C)CC(OC(=O)c2cc(C(=O)O)cc(C(=O)OC3CC(C)(C)NC(C)(C)C3)c2)CC(C)(C)N1. The zero-order valence-electron chi connectivity index (χ0n) is 22.2. The molecule has 0 spiro atoms. The molecule has 3 rings (SSSR count). The average molecular weight is 489 g/mol. The summed E-state index contributed by atoms with van der Waals surface area (Å²) in [4.78, 5) is 37.8. The van der Waals surface area contributed by atoms with Gasteiger partial charge in [-0.3, -0.25) is 0 Å². The highest BCUT2D eigenvalue weighted by atomic mass is 16.5. The molecule has 2 fully saturated rings. The molecule has 8 nitrogen and oxygen atoms in total. The van der Waals surface area contributed by atoms with Crippen molar-refractivity contribution in [1.82, 2.24) is 10.6 Å². The number of rotatable bonds is 5. The van der Waals surface area contributed by atoms with Crippen LogP contribution in [0, 0.1) is 0 Å². The van der Waals surface area contributed by atoms with Gasteiger partial charge in [0.15, 0.2) is 0 Å². The lowest BCUT2D eigenvalue weighted by Gasteiger charge is -2.45. The van der Waals surface area contributed by atoms with Crippen molar-refractivity contribution in [2.45, 2.75) is 115 Å². The van der Waals surface area contributed by atoms with Gasteiger partial charge < -0.3 is 25.2 Å². The van der Waals surface area contributed by atoms with E-state index in [9.17, 15) is 19.5 Å². The van der Waals surface area contributed by atoms with Crippen molar-refractivity contribution in [1.29, 1.82) is 0 Å². The van der Waals surface area contributed by atoms with Crippen LogP contribution < -0.4 is 10.6 Å². The van der Waals surface area contributed by atoms with Gasteiger partial charge in [0, 0.05) is 47.8 Å². The topological polar surface area (TPSA) is 114 Å². The third-order valence-corrected chi connectivity index (χ3v) is 6.50. The van der Waals surface area contributed by atoms with Crippen molar-refractivity contribution in [2.75, 3.05) is 0 Å². The zero-order valence-corrected chi connectivity index (χ0v) is 22.2. The molecule has 0 radical (unpaired) electrons. The minimum absolute atomic E-state index is 0.0250. The standard InChI is InChI=1S/C27H40N2O6/c1-24(2)12-19(13-25(3,4)28-24)34-22(32)17-9-16(21(30)31)10-18(11-17)23(33)35-20-14-26(5,6)29-27(7,8)15-20/h9-11,19-20,28-29H,12-15H2,1-8H3,(H,30,31). The number of ether oxygens (including phenoxy) is 2. The lowest BCUT2D eigenvalue weighted by molar-refractivity contribution is -0.00684. The van der Waals surface area contributed by atoms with Gasteiger partial charge in [0.05, 0.1) is 16.7 Å². The van der Waals surface area contributed by atoms with Crippen LogP contribution in [0.5, 0.6) is 0 Å². The maximum atomic E-state index is 13.0. The third kappa shape index (κ3) is 7.27. The first-order valence-corrected chi connectivity index (χ1v) is 12.2. The van der Waals surface area contributed by atoms with Crippen LogP contribution in [0.4, 0.5) is 0 Å². The van der Waals surface area contributed by atoms with E-state index in [0.29, 0.717) is 25.7 Å². The molecule has 0 amide bonds. The molecule has 1 aromatic carbocycles. The molecule has 2 saturated heterocycles. The van der Waals surface area contributed by atoms with E-state index in [-0.39, 0.29) is 51.1 Å². The number of carbonyl (C=O) groups is 3. The molecule has 194 valence electrons. The Morgan fingerprint density at radius 1 is 0.657 bits per heavy atom. The fraction of sp³-hybridized carbons (Fsp3) is 0.667. The summed E-state index contributed by atoms with van der Waals surface area (Å²) in [7, 11) is 0. The Balaban J connectivity index is 1.81. The summed E-state index contributed by atoms with van der Waals surface area (Å²) in [6, 6.07) is 3.86. The highest BCUT2D eigenvalue weighted by molar-refractivity contribution is 6.00. The molecule has 2 aliphatic heterocycles. The smallest absolute Gasteiger partial charge is 0.338 e. The summed E-state index contributed by atoms with van der Waals surface area (Å²) in [5, 5.41) is 16.7. The van der Waals surface area contributed by atoms with Gasteiger partial charge in [-0.2, -0.15) is 0 Å². The average Bonchev–Trinajstić information content (AvgIpc) is 2.62. The van der Waals surface area contributed by atoms with E-state index in [1.807, 2.05) is 0 Å². The van der Waals surface area contributed by atoms with Crippen LogP contribution in [0.3, 0.4) is 0 Å². The molecular weight excluding hydrogens is 448 g/mol. The summed E-state index contributed by atoms with van der Waals surface area (Å²) < 4.78 is 11.6. The fourth-order valence-electron chi connectivity index (χ4n) is 6.05. The Kier molecular flexibility index (Phi) is 7.14. The predicted molar refractivity (Wildman–Crippen MR) is 133 cm³/mol. The molecule has 0 atom stereocenters. The first kappa shape index (κ1) is 27.1. The molecule has 0 aliphatic carbocycles. The van der Waals surface area contributed by atoms with Gasteiger partial charge in [-0.25, -0.2) is 14.4 Å². The lowest BCUT2D eigenvalue weighted by Crippen LogP contribution is -2.59. The van der Waals surface area contributed by atoms with Crippen LogP contribution in [0.1, 0.15) is 112 Å². The molecule has 2 heterocycles. The number of hydrogen-bond donors (Lipinski definition) is 3. The van der Waals surface area contributed by atoms with E-state index in [1.165, 1.54) is 18.2 Å². The van der Waals surface area contributed by atoms with Gasteiger partial charge in [0.1, 0.15) is 12.2 Å². The number of carboxylic acid groups (broad SMARTS) is 1. The van der Waals surface area contributed by atoms with E-state index >= 15 is 0 Å². The second-order valence-electron chi connectivity index (χ2n) is 12.8. The van der Waals surface area contributed by atoms with Gasteiger partial charge in [0.2, 0.25) is 0 Å². The van der Waals surface area contributed by atoms with Crippen LogP contribution in [-0.4, -0.2) is 57.4 Å². The summed E-state index contributed by atoms with van der Waals surface area (Å²) in [6.45, 7) is 16.4. The van der Waals surface area contributed by atoms with Crippen molar-refractivity contribution in [3.63, 3.8) is 0 Å². The van der Waals surface area contributed by atoms with Crippen molar-refractivity contribution >= 4 is 17.9 Å². The Morgan fingerprint density at radius 2 is 0.943 bits per heavy atom. The summed E-state index contributed by atoms with van der Waals surface area (Å²) in [6.07, 6.45) is 1.82. The second kappa shape index (κ2) is 9.21. The van der Waals surface area contributed by atoms with E-state index < -0.39 is 17.9 Å². The Bertz CT molecular complexity index is 909. The fourth-order valence-corrected chi connectivity index (χ4v) is 6.05. The predicted octanol–water partition coefficient (Wildman–Crippen LogP) is 4.32. The molecule has 1 aromatic rings.